The first kappa shape index (κ1) is 24.5. The lowest BCUT2D eigenvalue weighted by Crippen LogP contribution is -2.33. The monoisotopic (exact) mass is 464 g/mol. The average molecular weight is 465 g/mol. The van der Waals surface area contributed by atoms with Gasteiger partial charge in [0.15, 0.2) is 0 Å². The van der Waals surface area contributed by atoms with E-state index in [0.29, 0.717) is 0 Å². The lowest BCUT2D eigenvalue weighted by molar-refractivity contribution is 0.795. The average Bonchev–Trinajstić information content (AvgIpc) is 2.99. The van der Waals surface area contributed by atoms with E-state index in [4.69, 9.17) is 0 Å². The van der Waals surface area contributed by atoms with E-state index >= 15 is 0 Å². The van der Waals surface area contributed by atoms with Gasteiger partial charge in [-0.3, -0.25) is 0 Å². The van der Waals surface area contributed by atoms with E-state index in [0.717, 1.165) is 19.3 Å². The second kappa shape index (κ2) is 9.92. The van der Waals surface area contributed by atoms with Crippen LogP contribution in [0.2, 0.25) is 5.04 Å². The van der Waals surface area contributed by atoms with Gasteiger partial charge in [0.1, 0.15) is 0 Å². The summed E-state index contributed by atoms with van der Waals surface area (Å²) in [5.41, 5.74) is 14.8. The lowest BCUT2D eigenvalue weighted by Gasteiger charge is -2.36. The molecule has 0 amide bonds. The van der Waals surface area contributed by atoms with Gasteiger partial charge < -0.3 is 0 Å². The number of aryl methyl sites for hydroxylation is 4. The van der Waals surface area contributed by atoms with Crippen LogP contribution >= 0.6 is 0 Å². The minimum atomic E-state index is -0.665. The Morgan fingerprint density at radius 3 is 1.79 bits per heavy atom. The highest BCUT2D eigenvalue weighted by Crippen LogP contribution is 2.58. The summed E-state index contributed by atoms with van der Waals surface area (Å²) in [6.45, 7) is 16.2. The molecule has 176 valence electrons. The predicted molar refractivity (Wildman–Crippen MR) is 153 cm³/mol. The zero-order valence-electron chi connectivity index (χ0n) is 22.2. The van der Waals surface area contributed by atoms with Gasteiger partial charge >= 0.3 is 0 Å². The van der Waals surface area contributed by atoms with Gasteiger partial charge in [-0.1, -0.05) is 102 Å². The van der Waals surface area contributed by atoms with Crippen LogP contribution < -0.4 is 5.19 Å². The third-order valence-electron chi connectivity index (χ3n) is 7.99. The Morgan fingerprint density at radius 1 is 0.647 bits per heavy atom. The van der Waals surface area contributed by atoms with Crippen LogP contribution in [0.3, 0.4) is 0 Å². The molecule has 0 N–H and O–H groups in total. The van der Waals surface area contributed by atoms with E-state index in [1.807, 2.05) is 0 Å². The van der Waals surface area contributed by atoms with Crippen LogP contribution in [0.25, 0.3) is 5.57 Å². The van der Waals surface area contributed by atoms with Crippen molar-refractivity contribution in [3.05, 3.63) is 117 Å². The van der Waals surface area contributed by atoms with Gasteiger partial charge in [-0.15, -0.1) is 0 Å². The molecular formula is C33H40Si. The third kappa shape index (κ3) is 4.64. The first-order valence-electron chi connectivity index (χ1n) is 12.9. The van der Waals surface area contributed by atoms with Crippen LogP contribution in [0.1, 0.15) is 68.0 Å². The maximum absolute atomic E-state index is 2.49. The van der Waals surface area contributed by atoms with E-state index in [2.05, 4.69) is 115 Å². The molecule has 0 nitrogen and oxygen atoms in total. The van der Waals surface area contributed by atoms with E-state index in [1.165, 1.54) is 44.5 Å². The number of hydrogen-bond acceptors (Lipinski definition) is 0. The normalized spacial score (nSPS) is 18.6. The highest BCUT2D eigenvalue weighted by atomic mass is 28.2. The predicted octanol–water partition coefficient (Wildman–Crippen LogP) is 7.45. The highest BCUT2D eigenvalue weighted by molar-refractivity contribution is 6.61. The van der Waals surface area contributed by atoms with Gasteiger partial charge in [0.25, 0.3) is 0 Å². The Hall–Kier alpha value is -2.64. The van der Waals surface area contributed by atoms with Crippen molar-refractivity contribution in [1.29, 1.82) is 0 Å². The van der Waals surface area contributed by atoms with Gasteiger partial charge in [-0.25, -0.2) is 0 Å². The highest BCUT2D eigenvalue weighted by Gasteiger charge is 2.43. The van der Waals surface area contributed by atoms with Gasteiger partial charge in [-0.2, -0.15) is 0 Å². The Morgan fingerprint density at radius 2 is 1.24 bits per heavy atom. The molecule has 1 heteroatoms. The summed E-state index contributed by atoms with van der Waals surface area (Å²) >= 11 is 0. The lowest BCUT2D eigenvalue weighted by atomic mass is 9.82. The summed E-state index contributed by atoms with van der Waals surface area (Å²) < 4.78 is 0. The largest absolute Gasteiger partial charge is 0.0718 e. The molecule has 1 atom stereocenters. The van der Waals surface area contributed by atoms with E-state index < -0.39 is 9.52 Å². The first-order chi connectivity index (χ1) is 16.3. The van der Waals surface area contributed by atoms with E-state index in [1.54, 1.807) is 16.3 Å². The van der Waals surface area contributed by atoms with Crippen LogP contribution in [-0.2, 0) is 19.3 Å². The summed E-state index contributed by atoms with van der Waals surface area (Å²) in [5.74, 6) is 0. The summed E-state index contributed by atoms with van der Waals surface area (Å²) in [5, 5.41) is 1.64. The molecular weight excluding hydrogens is 424 g/mol. The van der Waals surface area contributed by atoms with Crippen LogP contribution in [0.4, 0.5) is 0 Å². The molecule has 0 fully saturated rings. The Kier molecular flexibility index (Phi) is 7.14. The van der Waals surface area contributed by atoms with Crippen molar-refractivity contribution in [2.45, 2.75) is 72.8 Å². The zero-order valence-corrected chi connectivity index (χ0v) is 23.6. The van der Waals surface area contributed by atoms with Crippen molar-refractivity contribution < 1.29 is 0 Å². The SMILES string of the molecule is CCc1cc(CC)cc(C2=C(C)C(C)=C(C)C2(Cc2cc(C)cc(C)c2)[SiH2]c2ccccc2)c1. The summed E-state index contributed by atoms with van der Waals surface area (Å²) in [7, 11) is -0.665. The van der Waals surface area contributed by atoms with Crippen LogP contribution in [0.15, 0.2) is 83.4 Å². The van der Waals surface area contributed by atoms with Crippen molar-refractivity contribution in [3.8, 4) is 0 Å². The summed E-state index contributed by atoms with van der Waals surface area (Å²) in [6.07, 6.45) is 3.25. The topological polar surface area (TPSA) is 0 Å². The molecule has 4 rings (SSSR count). The molecule has 1 aliphatic rings. The van der Waals surface area contributed by atoms with Crippen LogP contribution in [-0.4, -0.2) is 9.52 Å². The fourth-order valence-corrected chi connectivity index (χ4v) is 8.95. The Balaban J connectivity index is 1.97. The summed E-state index contributed by atoms with van der Waals surface area (Å²) in [4.78, 5) is 0. The molecule has 0 saturated carbocycles. The van der Waals surface area contributed by atoms with Gasteiger partial charge in [-0.05, 0) is 92.9 Å². The number of rotatable bonds is 7. The molecule has 0 radical (unpaired) electrons. The molecule has 1 unspecified atom stereocenters. The fraction of sp³-hybridized carbons (Fsp3) is 0.333. The fourth-order valence-electron chi connectivity index (χ4n) is 6.15. The maximum Gasteiger partial charge on any atom is 0.0718 e. The van der Waals surface area contributed by atoms with Crippen molar-refractivity contribution in [3.63, 3.8) is 0 Å². The minimum absolute atomic E-state index is 0.0904. The molecule has 3 aromatic carbocycles. The Bertz CT molecular complexity index is 1220. The quantitative estimate of drug-likeness (QED) is 0.319. The van der Waals surface area contributed by atoms with Crippen LogP contribution in [0, 0.1) is 13.8 Å². The molecule has 0 saturated heterocycles. The van der Waals surface area contributed by atoms with Crippen LogP contribution in [0.5, 0.6) is 0 Å². The van der Waals surface area contributed by atoms with Gasteiger partial charge in [0.05, 0.1) is 9.52 Å². The smallest absolute Gasteiger partial charge is 0.0655 e. The maximum atomic E-state index is 2.49. The molecule has 3 aromatic rings. The van der Waals surface area contributed by atoms with Gasteiger partial charge in [0.2, 0.25) is 0 Å². The molecule has 1 aliphatic carbocycles. The minimum Gasteiger partial charge on any atom is -0.0655 e. The van der Waals surface area contributed by atoms with Crippen molar-refractivity contribution in [2.24, 2.45) is 0 Å². The molecule has 0 spiro atoms. The Labute approximate surface area is 209 Å². The second-order valence-corrected chi connectivity index (χ2v) is 12.8. The number of benzene rings is 3. The van der Waals surface area contributed by atoms with E-state index in [-0.39, 0.29) is 5.04 Å². The molecule has 0 heterocycles. The van der Waals surface area contributed by atoms with Crippen molar-refractivity contribution in [2.75, 3.05) is 0 Å². The summed E-state index contributed by atoms with van der Waals surface area (Å²) in [6, 6.07) is 25.8. The third-order valence-corrected chi connectivity index (χ3v) is 10.6. The molecule has 0 aliphatic heterocycles. The van der Waals surface area contributed by atoms with Gasteiger partial charge in [0, 0.05) is 5.04 Å². The first-order valence-corrected chi connectivity index (χ1v) is 14.3. The number of hydrogen-bond donors (Lipinski definition) is 0. The molecule has 0 aromatic heterocycles. The van der Waals surface area contributed by atoms with E-state index in [9.17, 15) is 0 Å². The molecule has 34 heavy (non-hydrogen) atoms. The standard InChI is InChI=1S/C33H40Si/c1-8-27-18-28(9-2)20-30(19-27)32-25(6)24(5)26(7)33(32,34-31-13-11-10-12-14-31)21-29-16-22(3)15-23(4)17-29/h10-20H,8-9,21,34H2,1-7H3. The van der Waals surface area contributed by atoms with Crippen molar-refractivity contribution >= 4 is 20.3 Å². The number of allylic oxidation sites excluding steroid dienone is 4. The molecule has 0 bridgehead atoms. The zero-order chi connectivity index (χ0) is 24.5. The van der Waals surface area contributed by atoms with Crippen molar-refractivity contribution in [1.82, 2.24) is 0 Å². The second-order valence-electron chi connectivity index (χ2n) is 10.4.